The third-order valence-corrected chi connectivity index (χ3v) is 7.04. The fourth-order valence-electron chi connectivity index (χ4n) is 3.95. The molecule has 2 aromatic rings. The molecule has 0 spiro atoms. The maximum Gasteiger partial charge on any atom is 0.411 e. The molecule has 1 aliphatic carbocycles. The molecule has 2 atom stereocenters. The molecule has 180 valence electrons. The molecule has 1 amide bonds. The average Bonchev–Trinajstić information content (AvgIpc) is 2.80. The summed E-state index contributed by atoms with van der Waals surface area (Å²) >= 11 is 0. The highest BCUT2D eigenvalue weighted by Crippen LogP contribution is 2.38. The SMILES string of the molecule is CNS(=O)(=O)c1cccc(NC2CCCc3c2ccc(NC(=O)OCC(C)COC)c3N)c1. The summed E-state index contributed by atoms with van der Waals surface area (Å²) in [4.78, 5) is 12.4. The van der Waals surface area contributed by atoms with Crippen molar-refractivity contribution in [2.75, 3.05) is 43.7 Å². The molecule has 0 fully saturated rings. The third kappa shape index (κ3) is 6.16. The molecule has 5 N–H and O–H groups in total. The Kier molecular flexibility index (Phi) is 8.17. The summed E-state index contributed by atoms with van der Waals surface area (Å²) in [6, 6.07) is 10.4. The summed E-state index contributed by atoms with van der Waals surface area (Å²) in [5.74, 6) is 0.0926. The zero-order chi connectivity index (χ0) is 24.0. The smallest absolute Gasteiger partial charge is 0.411 e. The molecule has 0 aliphatic heterocycles. The lowest BCUT2D eigenvalue weighted by molar-refractivity contribution is 0.0991. The van der Waals surface area contributed by atoms with Gasteiger partial charge in [-0.3, -0.25) is 5.32 Å². The number of rotatable bonds is 9. The average molecular weight is 477 g/mol. The van der Waals surface area contributed by atoms with Gasteiger partial charge >= 0.3 is 6.09 Å². The van der Waals surface area contributed by atoms with Crippen LogP contribution in [0.4, 0.5) is 21.9 Å². The van der Waals surface area contributed by atoms with E-state index in [2.05, 4.69) is 15.4 Å². The minimum Gasteiger partial charge on any atom is -0.449 e. The first-order valence-electron chi connectivity index (χ1n) is 10.9. The van der Waals surface area contributed by atoms with E-state index >= 15 is 0 Å². The topological polar surface area (TPSA) is 132 Å². The van der Waals surface area contributed by atoms with Crippen molar-refractivity contribution in [3.8, 4) is 0 Å². The van der Waals surface area contributed by atoms with Crippen LogP contribution in [-0.4, -0.2) is 41.9 Å². The molecule has 2 aromatic carbocycles. The molecule has 2 unspecified atom stereocenters. The molecular weight excluding hydrogens is 444 g/mol. The molecule has 1 aliphatic rings. The molecule has 33 heavy (non-hydrogen) atoms. The number of fused-ring (bicyclic) bond motifs is 1. The predicted octanol–water partition coefficient (Wildman–Crippen LogP) is 3.50. The second kappa shape index (κ2) is 10.9. The van der Waals surface area contributed by atoms with Gasteiger partial charge in [0.2, 0.25) is 10.0 Å². The highest BCUT2D eigenvalue weighted by atomic mass is 32.2. The number of methoxy groups -OCH3 is 1. The molecule has 0 saturated heterocycles. The fourth-order valence-corrected chi connectivity index (χ4v) is 4.73. The van der Waals surface area contributed by atoms with E-state index in [1.165, 1.54) is 7.05 Å². The predicted molar refractivity (Wildman–Crippen MR) is 129 cm³/mol. The van der Waals surface area contributed by atoms with Crippen LogP contribution in [0.5, 0.6) is 0 Å². The van der Waals surface area contributed by atoms with Crippen LogP contribution in [0.1, 0.15) is 36.9 Å². The van der Waals surface area contributed by atoms with Gasteiger partial charge in [0.15, 0.2) is 0 Å². The summed E-state index contributed by atoms with van der Waals surface area (Å²) in [6.07, 6.45) is 2.02. The molecule has 0 saturated carbocycles. The minimum atomic E-state index is -3.53. The van der Waals surface area contributed by atoms with Gasteiger partial charge in [-0.2, -0.15) is 0 Å². The lowest BCUT2D eigenvalue weighted by atomic mass is 9.86. The van der Waals surface area contributed by atoms with Crippen LogP contribution in [0.2, 0.25) is 0 Å². The Morgan fingerprint density at radius 2 is 2.03 bits per heavy atom. The maximum absolute atomic E-state index is 12.2. The van der Waals surface area contributed by atoms with E-state index in [-0.39, 0.29) is 23.5 Å². The van der Waals surface area contributed by atoms with Crippen LogP contribution in [0.3, 0.4) is 0 Å². The molecule has 9 nitrogen and oxygen atoms in total. The largest absolute Gasteiger partial charge is 0.449 e. The Hall–Kier alpha value is -2.82. The molecule has 0 aromatic heterocycles. The van der Waals surface area contributed by atoms with E-state index in [4.69, 9.17) is 15.2 Å². The summed E-state index contributed by atoms with van der Waals surface area (Å²) in [7, 11) is -0.538. The van der Waals surface area contributed by atoms with Crippen molar-refractivity contribution in [3.05, 3.63) is 47.5 Å². The van der Waals surface area contributed by atoms with Crippen LogP contribution in [0.15, 0.2) is 41.3 Å². The van der Waals surface area contributed by atoms with Crippen molar-refractivity contribution in [1.82, 2.24) is 4.72 Å². The van der Waals surface area contributed by atoms with Gasteiger partial charge in [0.25, 0.3) is 0 Å². The Morgan fingerprint density at radius 1 is 1.24 bits per heavy atom. The van der Waals surface area contributed by atoms with Crippen molar-refractivity contribution in [3.63, 3.8) is 0 Å². The van der Waals surface area contributed by atoms with E-state index in [1.54, 1.807) is 31.4 Å². The van der Waals surface area contributed by atoms with E-state index in [1.807, 2.05) is 19.1 Å². The molecular formula is C23H32N4O5S. The highest BCUT2D eigenvalue weighted by molar-refractivity contribution is 7.89. The fraction of sp³-hybridized carbons (Fsp3) is 0.435. The Labute approximate surface area is 195 Å². The van der Waals surface area contributed by atoms with E-state index in [0.717, 1.165) is 30.4 Å². The lowest BCUT2D eigenvalue weighted by Gasteiger charge is -2.29. The van der Waals surface area contributed by atoms with E-state index in [9.17, 15) is 13.2 Å². The number of nitrogen functional groups attached to an aromatic ring is 1. The number of carbonyl (C=O) groups excluding carboxylic acids is 1. The highest BCUT2D eigenvalue weighted by Gasteiger charge is 2.24. The van der Waals surface area contributed by atoms with Crippen molar-refractivity contribution < 1.29 is 22.7 Å². The maximum atomic E-state index is 12.2. The number of benzene rings is 2. The number of hydrogen-bond donors (Lipinski definition) is 4. The number of nitrogens with one attached hydrogen (secondary N) is 3. The van der Waals surface area contributed by atoms with Crippen LogP contribution in [0, 0.1) is 5.92 Å². The first-order chi connectivity index (χ1) is 15.7. The standard InChI is InChI=1S/C23H32N4O5S/c1-15(13-31-3)14-32-23(28)27-21-11-10-18-19(22(21)24)8-5-9-20(18)26-16-6-4-7-17(12-16)33(29,30)25-2/h4,6-7,10-12,15,20,25-26H,5,8-9,13-14,24H2,1-3H3,(H,27,28). The van der Waals surface area contributed by atoms with Crippen LogP contribution < -0.4 is 21.1 Å². The van der Waals surface area contributed by atoms with Gasteiger partial charge < -0.3 is 20.5 Å². The summed E-state index contributed by atoms with van der Waals surface area (Å²) < 4.78 is 36.9. The monoisotopic (exact) mass is 476 g/mol. The lowest BCUT2D eigenvalue weighted by Crippen LogP contribution is -2.22. The number of ether oxygens (including phenoxy) is 2. The number of hydrogen-bond acceptors (Lipinski definition) is 7. The van der Waals surface area contributed by atoms with Gasteiger partial charge in [0.05, 0.1) is 35.5 Å². The van der Waals surface area contributed by atoms with Crippen molar-refractivity contribution in [2.24, 2.45) is 5.92 Å². The quantitative estimate of drug-likeness (QED) is 0.407. The number of amides is 1. The zero-order valence-electron chi connectivity index (χ0n) is 19.2. The summed E-state index contributed by atoms with van der Waals surface area (Å²) in [5, 5.41) is 6.17. The summed E-state index contributed by atoms with van der Waals surface area (Å²) in [5.41, 5.74) is 10.2. The van der Waals surface area contributed by atoms with E-state index < -0.39 is 16.1 Å². The second-order valence-corrected chi connectivity index (χ2v) is 10.1. The first kappa shape index (κ1) is 24.8. The minimum absolute atomic E-state index is 0.0283. The van der Waals surface area contributed by atoms with Gasteiger partial charge in [-0.15, -0.1) is 0 Å². The first-order valence-corrected chi connectivity index (χ1v) is 12.4. The van der Waals surface area contributed by atoms with Crippen molar-refractivity contribution in [2.45, 2.75) is 37.1 Å². The van der Waals surface area contributed by atoms with Gasteiger partial charge in [0, 0.05) is 18.7 Å². The number of nitrogens with two attached hydrogens (primary N) is 1. The third-order valence-electron chi connectivity index (χ3n) is 5.63. The molecule has 0 heterocycles. The number of anilines is 3. The number of sulfonamides is 1. The van der Waals surface area contributed by atoms with Crippen LogP contribution in [0.25, 0.3) is 0 Å². The molecule has 0 bridgehead atoms. The second-order valence-electron chi connectivity index (χ2n) is 8.20. The van der Waals surface area contributed by atoms with Gasteiger partial charge in [0.1, 0.15) is 0 Å². The normalized spacial score (nSPS) is 16.5. The van der Waals surface area contributed by atoms with Crippen LogP contribution in [-0.2, 0) is 25.9 Å². The molecule has 10 heteroatoms. The van der Waals surface area contributed by atoms with Gasteiger partial charge in [-0.1, -0.05) is 19.1 Å². The summed E-state index contributed by atoms with van der Waals surface area (Å²) in [6.45, 7) is 2.69. The number of carbonyl (C=O) groups is 1. The van der Waals surface area contributed by atoms with Crippen molar-refractivity contribution >= 4 is 33.2 Å². The molecule has 3 rings (SSSR count). The van der Waals surface area contributed by atoms with Gasteiger partial charge in [-0.25, -0.2) is 17.9 Å². The Bertz CT molecular complexity index is 1090. The van der Waals surface area contributed by atoms with Gasteiger partial charge in [-0.05, 0) is 61.7 Å². The Balaban J connectivity index is 1.74. The zero-order valence-corrected chi connectivity index (χ0v) is 20.0. The van der Waals surface area contributed by atoms with Crippen LogP contribution >= 0.6 is 0 Å². The molecule has 0 radical (unpaired) electrons. The Morgan fingerprint density at radius 3 is 2.76 bits per heavy atom. The van der Waals surface area contributed by atoms with E-state index in [0.29, 0.717) is 23.7 Å². The van der Waals surface area contributed by atoms with Crippen molar-refractivity contribution in [1.29, 1.82) is 0 Å².